The number of likely N-dealkylation sites (N-methyl/N-ethyl adjacent to an activating group) is 1. The number of carbonyl (C=O) groups excluding carboxylic acids is 2. The van der Waals surface area contributed by atoms with Gasteiger partial charge in [-0.2, -0.15) is 0 Å². The quantitative estimate of drug-likeness (QED) is 0.744. The van der Waals surface area contributed by atoms with Crippen LogP contribution in [0.1, 0.15) is 37.1 Å². The van der Waals surface area contributed by atoms with Gasteiger partial charge in [0.25, 0.3) is 0 Å². The van der Waals surface area contributed by atoms with Gasteiger partial charge >= 0.3 is 0 Å². The van der Waals surface area contributed by atoms with E-state index in [1.54, 1.807) is 6.92 Å². The Bertz CT molecular complexity index is 798. The lowest BCUT2D eigenvalue weighted by molar-refractivity contribution is -0.142. The van der Waals surface area contributed by atoms with Gasteiger partial charge in [-0.1, -0.05) is 41.9 Å². The van der Waals surface area contributed by atoms with Crippen LogP contribution < -0.4 is 0 Å². The van der Waals surface area contributed by atoms with Gasteiger partial charge in [0.15, 0.2) is 0 Å². The number of rotatable bonds is 5. The van der Waals surface area contributed by atoms with Crippen LogP contribution in [0.2, 0.25) is 4.34 Å². The maximum absolute atomic E-state index is 13.7. The van der Waals surface area contributed by atoms with Crippen LogP contribution in [-0.2, 0) is 21.5 Å². The first-order chi connectivity index (χ1) is 13.0. The van der Waals surface area contributed by atoms with E-state index in [1.165, 1.54) is 11.3 Å². The average Bonchev–Trinajstić information content (AvgIpc) is 3.11. The Hall–Kier alpha value is -1.85. The van der Waals surface area contributed by atoms with Crippen molar-refractivity contribution in [2.75, 3.05) is 19.6 Å². The summed E-state index contributed by atoms with van der Waals surface area (Å²) in [6.45, 7) is 6.03. The highest BCUT2D eigenvalue weighted by Crippen LogP contribution is 2.38. The number of thiophene rings is 1. The Morgan fingerprint density at radius 1 is 1.15 bits per heavy atom. The van der Waals surface area contributed by atoms with E-state index in [-0.39, 0.29) is 11.8 Å². The molecule has 0 bridgehead atoms. The van der Waals surface area contributed by atoms with Gasteiger partial charge in [0.2, 0.25) is 11.8 Å². The third kappa shape index (κ3) is 4.19. The van der Waals surface area contributed by atoms with Gasteiger partial charge in [0, 0.05) is 31.4 Å². The molecule has 0 aliphatic carbocycles. The van der Waals surface area contributed by atoms with E-state index < -0.39 is 5.41 Å². The lowest BCUT2D eigenvalue weighted by atomic mass is 9.71. The van der Waals surface area contributed by atoms with Crippen molar-refractivity contribution in [3.8, 4) is 0 Å². The number of likely N-dealkylation sites (tertiary alicyclic amines) is 1. The number of benzene rings is 1. The molecule has 27 heavy (non-hydrogen) atoms. The van der Waals surface area contributed by atoms with Gasteiger partial charge in [0.1, 0.15) is 0 Å². The van der Waals surface area contributed by atoms with Crippen molar-refractivity contribution in [2.45, 2.75) is 38.6 Å². The molecule has 2 heterocycles. The minimum absolute atomic E-state index is 0.0738. The first-order valence-corrected chi connectivity index (χ1v) is 10.5. The van der Waals surface area contributed by atoms with Crippen LogP contribution in [0.5, 0.6) is 0 Å². The molecule has 0 radical (unpaired) electrons. The van der Waals surface area contributed by atoms with Gasteiger partial charge in [0.05, 0.1) is 16.3 Å². The molecular formula is C21H25ClN2O2S. The van der Waals surface area contributed by atoms with Crippen LogP contribution in [0.15, 0.2) is 42.5 Å². The van der Waals surface area contributed by atoms with Gasteiger partial charge in [-0.05, 0) is 37.5 Å². The van der Waals surface area contributed by atoms with Crippen molar-refractivity contribution in [3.63, 3.8) is 0 Å². The number of halogens is 1. The second-order valence-corrected chi connectivity index (χ2v) is 8.78. The fraction of sp³-hybridized carbons (Fsp3) is 0.429. The fourth-order valence-electron chi connectivity index (χ4n) is 3.84. The molecule has 2 aromatic rings. The lowest BCUT2D eigenvalue weighted by Crippen LogP contribution is -2.53. The normalized spacial score (nSPS) is 16.2. The predicted octanol–water partition coefficient (Wildman–Crippen LogP) is 4.33. The molecule has 144 valence electrons. The largest absolute Gasteiger partial charge is 0.343 e. The summed E-state index contributed by atoms with van der Waals surface area (Å²) in [4.78, 5) is 30.3. The molecule has 6 heteroatoms. The minimum Gasteiger partial charge on any atom is -0.343 e. The monoisotopic (exact) mass is 404 g/mol. The molecular weight excluding hydrogens is 380 g/mol. The maximum Gasteiger partial charge on any atom is 0.233 e. The Labute approximate surface area is 169 Å². The Morgan fingerprint density at radius 2 is 1.81 bits per heavy atom. The van der Waals surface area contributed by atoms with Crippen LogP contribution in [0.4, 0.5) is 0 Å². The first kappa shape index (κ1) is 19.9. The van der Waals surface area contributed by atoms with Crippen molar-refractivity contribution in [1.82, 2.24) is 9.80 Å². The SMILES string of the molecule is CCN(Cc1ccc(Cl)s1)C(=O)C1(c2ccccc2)CCN(C(C)=O)CC1. The van der Waals surface area contributed by atoms with E-state index in [1.807, 2.05) is 59.2 Å². The summed E-state index contributed by atoms with van der Waals surface area (Å²) in [7, 11) is 0. The average molecular weight is 405 g/mol. The van der Waals surface area contributed by atoms with E-state index in [0.29, 0.717) is 39.0 Å². The fourth-order valence-corrected chi connectivity index (χ4v) is 4.94. The number of piperidine rings is 1. The molecule has 0 atom stereocenters. The second-order valence-electron chi connectivity index (χ2n) is 6.98. The zero-order valence-electron chi connectivity index (χ0n) is 15.8. The molecule has 4 nitrogen and oxygen atoms in total. The summed E-state index contributed by atoms with van der Waals surface area (Å²) in [6.07, 6.45) is 1.30. The summed E-state index contributed by atoms with van der Waals surface area (Å²) in [5, 5.41) is 0. The topological polar surface area (TPSA) is 40.6 Å². The van der Waals surface area contributed by atoms with Crippen molar-refractivity contribution in [2.24, 2.45) is 0 Å². The molecule has 1 aromatic carbocycles. The van der Waals surface area contributed by atoms with Crippen LogP contribution in [-0.4, -0.2) is 41.2 Å². The summed E-state index contributed by atoms with van der Waals surface area (Å²) >= 11 is 7.58. The highest BCUT2D eigenvalue weighted by atomic mass is 35.5. The molecule has 0 saturated carbocycles. The Morgan fingerprint density at radius 3 is 2.33 bits per heavy atom. The van der Waals surface area contributed by atoms with Crippen LogP contribution in [0.3, 0.4) is 0 Å². The van der Waals surface area contributed by atoms with Gasteiger partial charge in [-0.25, -0.2) is 0 Å². The molecule has 1 saturated heterocycles. The highest BCUT2D eigenvalue weighted by molar-refractivity contribution is 7.16. The smallest absolute Gasteiger partial charge is 0.233 e. The summed E-state index contributed by atoms with van der Waals surface area (Å²) in [5.41, 5.74) is 0.463. The highest BCUT2D eigenvalue weighted by Gasteiger charge is 2.45. The molecule has 0 unspecified atom stereocenters. The molecule has 2 amide bonds. The second kappa shape index (κ2) is 8.44. The van der Waals surface area contributed by atoms with E-state index >= 15 is 0 Å². The van der Waals surface area contributed by atoms with E-state index in [4.69, 9.17) is 11.6 Å². The van der Waals surface area contributed by atoms with Crippen molar-refractivity contribution < 1.29 is 9.59 Å². The van der Waals surface area contributed by atoms with E-state index in [2.05, 4.69) is 0 Å². The van der Waals surface area contributed by atoms with Gasteiger partial charge < -0.3 is 9.80 Å². The van der Waals surface area contributed by atoms with E-state index in [9.17, 15) is 9.59 Å². The third-order valence-electron chi connectivity index (χ3n) is 5.44. The lowest BCUT2D eigenvalue weighted by Gasteiger charge is -2.43. The minimum atomic E-state index is -0.579. The van der Waals surface area contributed by atoms with Gasteiger partial charge in [-0.15, -0.1) is 11.3 Å². The summed E-state index contributed by atoms with van der Waals surface area (Å²) in [5.74, 6) is 0.216. The molecule has 1 aliphatic heterocycles. The molecule has 1 fully saturated rings. The summed E-state index contributed by atoms with van der Waals surface area (Å²) < 4.78 is 0.737. The standard InChI is InChI=1S/C21H25ClN2O2S/c1-3-23(15-18-9-10-19(22)27-18)20(26)21(17-7-5-4-6-8-17)11-13-24(14-12-21)16(2)25/h4-10H,3,11-15H2,1-2H3. The van der Waals surface area contributed by atoms with Crippen LogP contribution in [0, 0.1) is 0 Å². The number of hydrogen-bond acceptors (Lipinski definition) is 3. The molecule has 3 rings (SSSR count). The van der Waals surface area contributed by atoms with Crippen molar-refractivity contribution in [1.29, 1.82) is 0 Å². The van der Waals surface area contributed by atoms with Crippen molar-refractivity contribution in [3.05, 3.63) is 57.2 Å². The van der Waals surface area contributed by atoms with E-state index in [0.717, 1.165) is 14.8 Å². The number of hydrogen-bond donors (Lipinski definition) is 0. The molecule has 0 spiro atoms. The first-order valence-electron chi connectivity index (χ1n) is 9.31. The molecule has 0 N–H and O–H groups in total. The number of amides is 2. The number of nitrogens with zero attached hydrogens (tertiary/aromatic N) is 2. The third-order valence-corrected chi connectivity index (χ3v) is 6.66. The Kier molecular flexibility index (Phi) is 6.22. The molecule has 1 aliphatic rings. The maximum atomic E-state index is 13.7. The predicted molar refractivity (Wildman–Crippen MR) is 110 cm³/mol. The summed E-state index contributed by atoms with van der Waals surface area (Å²) in [6, 6.07) is 13.9. The zero-order valence-corrected chi connectivity index (χ0v) is 17.4. The van der Waals surface area contributed by atoms with Crippen LogP contribution in [0.25, 0.3) is 0 Å². The van der Waals surface area contributed by atoms with Crippen molar-refractivity contribution >= 4 is 34.8 Å². The zero-order chi connectivity index (χ0) is 19.4. The van der Waals surface area contributed by atoms with Crippen LogP contribution >= 0.6 is 22.9 Å². The van der Waals surface area contributed by atoms with Gasteiger partial charge in [-0.3, -0.25) is 9.59 Å². The Balaban J connectivity index is 1.90. The molecule has 1 aromatic heterocycles. The number of carbonyl (C=O) groups is 2.